The van der Waals surface area contributed by atoms with Crippen molar-refractivity contribution < 1.29 is 19.1 Å². The maximum Gasteiger partial charge on any atom is 0.319 e. The molecule has 0 aliphatic carbocycles. The number of ether oxygens (including phenoxy) is 2. The molecule has 0 spiro atoms. The summed E-state index contributed by atoms with van der Waals surface area (Å²) < 4.78 is 12.1. The van der Waals surface area contributed by atoms with E-state index in [1.807, 2.05) is 6.07 Å². The number of pyridine rings is 1. The van der Waals surface area contributed by atoms with E-state index in [0.717, 1.165) is 5.56 Å². The number of nitrogens with one attached hydrogen (secondary N) is 2. The molecule has 2 heterocycles. The third-order valence-corrected chi connectivity index (χ3v) is 4.35. The molecule has 0 saturated carbocycles. The molecule has 0 radical (unpaired) electrons. The van der Waals surface area contributed by atoms with E-state index in [4.69, 9.17) is 9.47 Å². The highest BCUT2D eigenvalue weighted by Crippen LogP contribution is 2.33. The molecule has 31 heavy (non-hydrogen) atoms. The fraction of sp³-hybridized carbons (Fsp3) is 0.250. The smallest absolute Gasteiger partial charge is 0.319 e. The molecule has 3 rings (SSSR count). The minimum absolute atomic E-state index is 0.180. The number of hydrogen-bond acceptors (Lipinski definition) is 7. The molecular formula is C20H23N7O4. The Bertz CT molecular complexity index is 1070. The van der Waals surface area contributed by atoms with Gasteiger partial charge in [0.1, 0.15) is 12.7 Å². The van der Waals surface area contributed by atoms with Gasteiger partial charge >= 0.3 is 6.03 Å². The highest BCUT2D eigenvalue weighted by Gasteiger charge is 2.20. The summed E-state index contributed by atoms with van der Waals surface area (Å²) in [7, 11) is 6.19. The van der Waals surface area contributed by atoms with Crippen molar-refractivity contribution in [1.29, 1.82) is 0 Å². The molecule has 162 valence electrons. The second-order valence-corrected chi connectivity index (χ2v) is 6.59. The fourth-order valence-corrected chi connectivity index (χ4v) is 2.83. The molecule has 0 bridgehead atoms. The van der Waals surface area contributed by atoms with Crippen molar-refractivity contribution in [3.8, 4) is 17.3 Å². The first-order valence-electron chi connectivity index (χ1n) is 9.26. The molecule has 0 unspecified atom stereocenters. The summed E-state index contributed by atoms with van der Waals surface area (Å²) >= 11 is 0. The van der Waals surface area contributed by atoms with Crippen molar-refractivity contribution in [2.24, 2.45) is 0 Å². The van der Waals surface area contributed by atoms with Gasteiger partial charge < -0.3 is 25.0 Å². The first-order valence-corrected chi connectivity index (χ1v) is 9.26. The summed E-state index contributed by atoms with van der Waals surface area (Å²) in [6.07, 6.45) is 4.55. The molecule has 0 aliphatic heterocycles. The van der Waals surface area contributed by atoms with E-state index in [0.29, 0.717) is 17.3 Å². The summed E-state index contributed by atoms with van der Waals surface area (Å²) in [6.45, 7) is 0.180. The van der Waals surface area contributed by atoms with Crippen LogP contribution in [-0.2, 0) is 6.54 Å². The summed E-state index contributed by atoms with van der Waals surface area (Å²) in [6, 6.07) is 6.15. The van der Waals surface area contributed by atoms with Crippen LogP contribution in [0.1, 0.15) is 15.9 Å². The van der Waals surface area contributed by atoms with Crippen molar-refractivity contribution in [2.75, 3.05) is 33.6 Å². The standard InChI is InChI=1S/C20H23N7O4/c1-26(2)19(28)14-8-16(30-3)17(31-4)9-15(14)25-20(29)23-10-13-6-5-7-22-18(13)27-12-21-11-24-27/h5-9,11-12H,10H2,1-4H3,(H2,23,25,29). The Hall–Kier alpha value is -4.15. The van der Waals surface area contributed by atoms with Crippen LogP contribution in [0, 0.1) is 0 Å². The van der Waals surface area contributed by atoms with Gasteiger partial charge in [-0.15, -0.1) is 0 Å². The Balaban J connectivity index is 1.80. The summed E-state index contributed by atoms with van der Waals surface area (Å²) in [4.78, 5) is 34.8. The molecule has 2 aromatic heterocycles. The molecule has 0 aliphatic rings. The minimum Gasteiger partial charge on any atom is -0.493 e. The zero-order valence-electron chi connectivity index (χ0n) is 17.6. The molecular weight excluding hydrogens is 402 g/mol. The maximum absolute atomic E-state index is 12.6. The van der Waals surface area contributed by atoms with Crippen molar-refractivity contribution in [1.82, 2.24) is 30.0 Å². The summed E-state index contributed by atoms with van der Waals surface area (Å²) in [5.74, 6) is 1.02. The molecule has 11 heteroatoms. The van der Waals surface area contributed by atoms with Gasteiger partial charge in [-0.3, -0.25) is 4.79 Å². The number of carbonyl (C=O) groups is 2. The molecule has 2 N–H and O–H groups in total. The van der Waals surface area contributed by atoms with E-state index in [2.05, 4.69) is 25.7 Å². The third-order valence-electron chi connectivity index (χ3n) is 4.35. The lowest BCUT2D eigenvalue weighted by molar-refractivity contribution is 0.0828. The number of anilines is 1. The number of benzene rings is 1. The largest absolute Gasteiger partial charge is 0.493 e. The Morgan fingerprint density at radius 2 is 1.90 bits per heavy atom. The molecule has 0 saturated heterocycles. The van der Waals surface area contributed by atoms with E-state index in [9.17, 15) is 9.59 Å². The van der Waals surface area contributed by atoms with E-state index in [-0.39, 0.29) is 23.7 Å². The highest BCUT2D eigenvalue weighted by molar-refractivity contribution is 6.04. The van der Waals surface area contributed by atoms with Crippen LogP contribution in [0.15, 0.2) is 43.1 Å². The van der Waals surface area contributed by atoms with Crippen LogP contribution in [0.4, 0.5) is 10.5 Å². The van der Waals surface area contributed by atoms with E-state index >= 15 is 0 Å². The summed E-state index contributed by atoms with van der Waals surface area (Å²) in [5.41, 5.74) is 1.29. The Kier molecular flexibility index (Phi) is 6.65. The zero-order chi connectivity index (χ0) is 22.4. The van der Waals surface area contributed by atoms with Crippen LogP contribution >= 0.6 is 0 Å². The average Bonchev–Trinajstić information content (AvgIpc) is 3.31. The van der Waals surface area contributed by atoms with Crippen LogP contribution in [-0.4, -0.2) is 64.9 Å². The first-order chi connectivity index (χ1) is 14.9. The van der Waals surface area contributed by atoms with Gasteiger partial charge in [0.15, 0.2) is 17.3 Å². The van der Waals surface area contributed by atoms with Gasteiger partial charge in [0, 0.05) is 38.5 Å². The Labute approximate surface area is 179 Å². The normalized spacial score (nSPS) is 10.3. The Morgan fingerprint density at radius 3 is 2.55 bits per heavy atom. The SMILES string of the molecule is COc1cc(NC(=O)NCc2cccnc2-n2cncn2)c(C(=O)N(C)C)cc1OC. The first kappa shape index (κ1) is 21.6. The van der Waals surface area contributed by atoms with Crippen molar-refractivity contribution in [2.45, 2.75) is 6.54 Å². The lowest BCUT2D eigenvalue weighted by atomic mass is 10.1. The molecule has 0 fully saturated rings. The fourth-order valence-electron chi connectivity index (χ4n) is 2.83. The number of nitrogens with zero attached hydrogens (tertiary/aromatic N) is 5. The van der Waals surface area contributed by atoms with Gasteiger partial charge in [0.05, 0.1) is 25.5 Å². The van der Waals surface area contributed by atoms with E-state index in [1.54, 1.807) is 32.4 Å². The monoisotopic (exact) mass is 425 g/mol. The summed E-state index contributed by atoms with van der Waals surface area (Å²) in [5, 5.41) is 9.54. The predicted molar refractivity (Wildman–Crippen MR) is 113 cm³/mol. The van der Waals surface area contributed by atoms with Gasteiger partial charge in [-0.05, 0) is 12.1 Å². The van der Waals surface area contributed by atoms with Gasteiger partial charge in [0.2, 0.25) is 0 Å². The number of rotatable bonds is 7. The van der Waals surface area contributed by atoms with Crippen LogP contribution in [0.5, 0.6) is 11.5 Å². The van der Waals surface area contributed by atoms with Crippen LogP contribution in [0.3, 0.4) is 0 Å². The Morgan fingerprint density at radius 1 is 1.16 bits per heavy atom. The van der Waals surface area contributed by atoms with Gasteiger partial charge in [-0.2, -0.15) is 5.10 Å². The van der Waals surface area contributed by atoms with Gasteiger partial charge in [0.25, 0.3) is 5.91 Å². The van der Waals surface area contributed by atoms with E-state index in [1.165, 1.54) is 42.5 Å². The van der Waals surface area contributed by atoms with Crippen LogP contribution < -0.4 is 20.1 Å². The average molecular weight is 425 g/mol. The minimum atomic E-state index is -0.506. The van der Waals surface area contributed by atoms with Crippen LogP contribution in [0.2, 0.25) is 0 Å². The van der Waals surface area contributed by atoms with Crippen LogP contribution in [0.25, 0.3) is 5.82 Å². The third kappa shape index (κ3) is 4.89. The number of carbonyl (C=O) groups excluding carboxylic acids is 2. The van der Waals surface area contributed by atoms with Crippen molar-refractivity contribution in [3.05, 3.63) is 54.2 Å². The quantitative estimate of drug-likeness (QED) is 0.590. The molecule has 0 atom stereocenters. The van der Waals surface area contributed by atoms with E-state index < -0.39 is 6.03 Å². The second kappa shape index (κ2) is 9.57. The maximum atomic E-state index is 12.6. The lowest BCUT2D eigenvalue weighted by Gasteiger charge is -2.18. The molecule has 3 aromatic rings. The molecule has 11 nitrogen and oxygen atoms in total. The number of methoxy groups -OCH3 is 2. The van der Waals surface area contributed by atoms with Crippen molar-refractivity contribution in [3.63, 3.8) is 0 Å². The predicted octanol–water partition coefficient (Wildman–Crippen LogP) is 1.70. The number of aromatic nitrogens is 4. The molecule has 1 aromatic carbocycles. The lowest BCUT2D eigenvalue weighted by Crippen LogP contribution is -2.30. The number of amides is 3. The molecule has 3 amide bonds. The second-order valence-electron chi connectivity index (χ2n) is 6.59. The van der Waals surface area contributed by atoms with Gasteiger partial charge in [-0.25, -0.2) is 19.4 Å². The topological polar surface area (TPSA) is 124 Å². The number of urea groups is 1. The van der Waals surface area contributed by atoms with Crippen molar-refractivity contribution >= 4 is 17.6 Å². The highest BCUT2D eigenvalue weighted by atomic mass is 16.5. The number of hydrogen-bond donors (Lipinski definition) is 2. The zero-order valence-corrected chi connectivity index (χ0v) is 17.6. The van der Waals surface area contributed by atoms with Gasteiger partial charge in [-0.1, -0.05) is 6.07 Å².